The molecule has 1 N–H and O–H groups in total. The van der Waals surface area contributed by atoms with Gasteiger partial charge in [0.1, 0.15) is 0 Å². The molecule has 0 heterocycles. The van der Waals surface area contributed by atoms with Gasteiger partial charge in [-0.05, 0) is 31.2 Å². The minimum atomic E-state index is -0.486. The van der Waals surface area contributed by atoms with Crippen LogP contribution >= 0.6 is 0 Å². The lowest BCUT2D eigenvalue weighted by molar-refractivity contribution is -0.116. The molecule has 5 nitrogen and oxygen atoms in total. The third-order valence-electron chi connectivity index (χ3n) is 2.25. The van der Waals surface area contributed by atoms with Crippen LogP contribution in [0.15, 0.2) is 24.3 Å². The van der Waals surface area contributed by atoms with Crippen molar-refractivity contribution in [3.8, 4) is 0 Å². The molecule has 0 saturated carbocycles. The number of anilines is 2. The van der Waals surface area contributed by atoms with E-state index in [2.05, 4.69) is 5.32 Å². The molecule has 2 amide bonds. The van der Waals surface area contributed by atoms with Crippen molar-refractivity contribution in [3.05, 3.63) is 24.3 Å². The molecular formula is C12H16N2O3. The fourth-order valence-corrected chi connectivity index (χ4v) is 1.24. The first-order chi connectivity index (χ1) is 8.04. The Morgan fingerprint density at radius 3 is 2.35 bits per heavy atom. The second-order valence-corrected chi connectivity index (χ2v) is 3.47. The minimum Gasteiger partial charge on any atom is -0.450 e. The highest BCUT2D eigenvalue weighted by Crippen LogP contribution is 2.16. The smallest absolute Gasteiger partial charge is 0.411 e. The maximum atomic E-state index is 11.1. The highest BCUT2D eigenvalue weighted by Gasteiger charge is 2.06. The molecule has 0 fully saturated rings. The van der Waals surface area contributed by atoms with Crippen LogP contribution in [0.5, 0.6) is 0 Å². The van der Waals surface area contributed by atoms with E-state index < -0.39 is 6.09 Å². The molecule has 5 heteroatoms. The zero-order valence-corrected chi connectivity index (χ0v) is 10.2. The number of amides is 2. The molecule has 0 aliphatic heterocycles. The number of benzene rings is 1. The molecule has 0 radical (unpaired) electrons. The summed E-state index contributed by atoms with van der Waals surface area (Å²) in [5, 5.41) is 2.57. The minimum absolute atomic E-state index is 0.0453. The van der Waals surface area contributed by atoms with Crippen LogP contribution in [0, 0.1) is 0 Å². The van der Waals surface area contributed by atoms with Crippen molar-refractivity contribution in [3.63, 3.8) is 0 Å². The van der Waals surface area contributed by atoms with Crippen molar-refractivity contribution < 1.29 is 14.3 Å². The third-order valence-corrected chi connectivity index (χ3v) is 2.25. The maximum absolute atomic E-state index is 11.1. The Morgan fingerprint density at radius 1 is 1.29 bits per heavy atom. The number of ether oxygens (including phenoxy) is 1. The molecule has 0 unspecified atom stereocenters. The van der Waals surface area contributed by atoms with Crippen molar-refractivity contribution in [1.82, 2.24) is 0 Å². The fourth-order valence-electron chi connectivity index (χ4n) is 1.24. The van der Waals surface area contributed by atoms with Gasteiger partial charge in [0.2, 0.25) is 5.91 Å². The van der Waals surface area contributed by atoms with Crippen molar-refractivity contribution >= 4 is 23.4 Å². The van der Waals surface area contributed by atoms with E-state index >= 15 is 0 Å². The summed E-state index contributed by atoms with van der Waals surface area (Å²) in [5.41, 5.74) is 1.40. The first kappa shape index (κ1) is 13.0. The highest BCUT2D eigenvalue weighted by atomic mass is 16.5. The summed E-state index contributed by atoms with van der Waals surface area (Å²) in [6.45, 7) is 3.56. The van der Waals surface area contributed by atoms with E-state index in [1.54, 1.807) is 38.2 Å². The lowest BCUT2D eigenvalue weighted by Gasteiger charge is -2.15. The number of nitrogens with one attached hydrogen (secondary N) is 1. The van der Waals surface area contributed by atoms with E-state index in [0.29, 0.717) is 12.3 Å². The van der Waals surface area contributed by atoms with Crippen molar-refractivity contribution in [2.75, 3.05) is 23.9 Å². The van der Waals surface area contributed by atoms with Gasteiger partial charge in [-0.2, -0.15) is 0 Å². The number of rotatable bonds is 3. The second-order valence-electron chi connectivity index (χ2n) is 3.47. The molecule has 0 aromatic heterocycles. The van der Waals surface area contributed by atoms with Crippen LogP contribution < -0.4 is 10.2 Å². The van der Waals surface area contributed by atoms with Crippen LogP contribution in [0.2, 0.25) is 0 Å². The quantitative estimate of drug-likeness (QED) is 0.875. The molecule has 1 aromatic carbocycles. The predicted octanol–water partition coefficient (Wildman–Crippen LogP) is 2.24. The molecule has 0 spiro atoms. The summed E-state index contributed by atoms with van der Waals surface area (Å²) < 4.78 is 4.75. The van der Waals surface area contributed by atoms with Gasteiger partial charge in [-0.25, -0.2) is 4.79 Å². The largest absolute Gasteiger partial charge is 0.450 e. The van der Waals surface area contributed by atoms with Gasteiger partial charge in [-0.3, -0.25) is 10.1 Å². The fraction of sp³-hybridized carbons (Fsp3) is 0.333. The highest BCUT2D eigenvalue weighted by molar-refractivity contribution is 5.91. The first-order valence-electron chi connectivity index (χ1n) is 5.32. The zero-order valence-electron chi connectivity index (χ0n) is 10.2. The van der Waals surface area contributed by atoms with E-state index in [9.17, 15) is 9.59 Å². The van der Waals surface area contributed by atoms with Crippen LogP contribution in [0.4, 0.5) is 16.2 Å². The SMILES string of the molecule is CCOC(=O)Nc1ccc(N(C)C(C)=O)cc1. The molecular weight excluding hydrogens is 220 g/mol. The van der Waals surface area contributed by atoms with Crippen LogP contribution in [0.1, 0.15) is 13.8 Å². The number of carbonyl (C=O) groups is 2. The summed E-state index contributed by atoms with van der Waals surface area (Å²) in [5.74, 6) is -0.0453. The average Bonchev–Trinajstić information content (AvgIpc) is 2.29. The maximum Gasteiger partial charge on any atom is 0.411 e. The van der Waals surface area contributed by atoms with Gasteiger partial charge in [-0.1, -0.05) is 0 Å². The topological polar surface area (TPSA) is 58.6 Å². The predicted molar refractivity (Wildman–Crippen MR) is 66.2 cm³/mol. The first-order valence-corrected chi connectivity index (χ1v) is 5.32. The molecule has 0 bridgehead atoms. The molecule has 1 rings (SSSR count). The van der Waals surface area contributed by atoms with Crippen molar-refractivity contribution in [2.45, 2.75) is 13.8 Å². The van der Waals surface area contributed by atoms with Gasteiger partial charge < -0.3 is 9.64 Å². The van der Waals surface area contributed by atoms with Gasteiger partial charge >= 0.3 is 6.09 Å². The van der Waals surface area contributed by atoms with Crippen LogP contribution in [0.3, 0.4) is 0 Å². The summed E-state index contributed by atoms with van der Waals surface area (Å²) in [6.07, 6.45) is -0.486. The summed E-state index contributed by atoms with van der Waals surface area (Å²) in [6, 6.07) is 6.93. The molecule has 0 saturated heterocycles. The molecule has 92 valence electrons. The Balaban J connectivity index is 2.68. The zero-order chi connectivity index (χ0) is 12.8. The Labute approximate surface area is 100 Å². The Bertz CT molecular complexity index is 401. The van der Waals surface area contributed by atoms with E-state index in [-0.39, 0.29) is 5.91 Å². The Hall–Kier alpha value is -2.04. The standard InChI is InChI=1S/C12H16N2O3/c1-4-17-12(16)13-10-5-7-11(8-6-10)14(3)9(2)15/h5-8H,4H2,1-3H3,(H,13,16). The van der Waals surface area contributed by atoms with Crippen LogP contribution in [0.25, 0.3) is 0 Å². The number of carbonyl (C=O) groups excluding carboxylic acids is 2. The Morgan fingerprint density at radius 2 is 1.88 bits per heavy atom. The van der Waals surface area contributed by atoms with Gasteiger partial charge in [0.25, 0.3) is 0 Å². The van der Waals surface area contributed by atoms with Gasteiger partial charge in [0, 0.05) is 25.3 Å². The Kier molecular flexibility index (Phi) is 4.51. The van der Waals surface area contributed by atoms with E-state index in [4.69, 9.17) is 4.74 Å². The van der Waals surface area contributed by atoms with E-state index in [1.807, 2.05) is 0 Å². The lowest BCUT2D eigenvalue weighted by atomic mass is 10.2. The third kappa shape index (κ3) is 3.79. The lowest BCUT2D eigenvalue weighted by Crippen LogP contribution is -2.22. The van der Waals surface area contributed by atoms with Gasteiger partial charge in [0.05, 0.1) is 6.61 Å². The molecule has 0 aliphatic rings. The second kappa shape index (κ2) is 5.89. The summed E-state index contributed by atoms with van der Waals surface area (Å²) in [4.78, 5) is 23.8. The molecule has 1 aromatic rings. The average molecular weight is 236 g/mol. The van der Waals surface area contributed by atoms with E-state index in [0.717, 1.165) is 5.69 Å². The van der Waals surface area contributed by atoms with Gasteiger partial charge in [-0.15, -0.1) is 0 Å². The van der Waals surface area contributed by atoms with Crippen molar-refractivity contribution in [2.24, 2.45) is 0 Å². The monoisotopic (exact) mass is 236 g/mol. The summed E-state index contributed by atoms with van der Waals surface area (Å²) >= 11 is 0. The van der Waals surface area contributed by atoms with Crippen molar-refractivity contribution in [1.29, 1.82) is 0 Å². The normalized spacial score (nSPS) is 9.59. The molecule has 17 heavy (non-hydrogen) atoms. The molecule has 0 atom stereocenters. The molecule has 0 aliphatic carbocycles. The van der Waals surface area contributed by atoms with Crippen LogP contribution in [-0.2, 0) is 9.53 Å². The number of hydrogen-bond acceptors (Lipinski definition) is 3. The number of hydrogen-bond donors (Lipinski definition) is 1. The van der Waals surface area contributed by atoms with E-state index in [1.165, 1.54) is 11.8 Å². The van der Waals surface area contributed by atoms with Crippen LogP contribution in [-0.4, -0.2) is 25.7 Å². The number of nitrogens with zero attached hydrogens (tertiary/aromatic N) is 1. The summed E-state index contributed by atoms with van der Waals surface area (Å²) in [7, 11) is 1.69. The van der Waals surface area contributed by atoms with Gasteiger partial charge in [0.15, 0.2) is 0 Å².